The van der Waals surface area contributed by atoms with Crippen LogP contribution in [0.3, 0.4) is 0 Å². The van der Waals surface area contributed by atoms with Gasteiger partial charge in [-0.05, 0) is 61.2 Å². The molecule has 0 heterocycles. The van der Waals surface area contributed by atoms with Crippen LogP contribution in [0.5, 0.6) is 0 Å². The molecule has 102 valence electrons. The van der Waals surface area contributed by atoms with Crippen LogP contribution in [0.25, 0.3) is 0 Å². The second kappa shape index (κ2) is 4.24. The molecule has 3 rings (SSSR count). The van der Waals surface area contributed by atoms with Crippen LogP contribution < -0.4 is 0 Å². The van der Waals surface area contributed by atoms with Crippen molar-refractivity contribution < 1.29 is 0 Å². The van der Waals surface area contributed by atoms with E-state index in [1.54, 1.807) is 0 Å². The zero-order chi connectivity index (χ0) is 13.7. The normalized spacial score (nSPS) is 46.3. The molecule has 0 N–H and O–H groups in total. The average molecular weight is 256 g/mol. The number of fused-ring (bicyclic) bond motifs is 3. The van der Waals surface area contributed by atoms with Crippen molar-refractivity contribution in [3.05, 3.63) is 0 Å². The van der Waals surface area contributed by atoms with Crippen LogP contribution in [0.2, 0.25) is 0 Å². The summed E-state index contributed by atoms with van der Waals surface area (Å²) in [5.41, 5.74) is 0.247. The van der Waals surface area contributed by atoms with Crippen molar-refractivity contribution in [3.8, 4) is 12.1 Å². The highest BCUT2D eigenvalue weighted by Gasteiger charge is 2.76. The van der Waals surface area contributed by atoms with Gasteiger partial charge in [0, 0.05) is 6.42 Å². The molecule has 5 atom stereocenters. The van der Waals surface area contributed by atoms with Gasteiger partial charge in [-0.3, -0.25) is 0 Å². The molecule has 0 spiro atoms. The largest absolute Gasteiger partial charge is 0.198 e. The first kappa shape index (κ1) is 13.0. The molecule has 3 saturated carbocycles. The summed E-state index contributed by atoms with van der Waals surface area (Å²) in [6.45, 7) is 4.62. The summed E-state index contributed by atoms with van der Waals surface area (Å²) in [6.07, 6.45) is 8.12. The highest BCUT2D eigenvalue weighted by Crippen LogP contribution is 2.78. The van der Waals surface area contributed by atoms with Crippen LogP contribution >= 0.6 is 0 Å². The zero-order valence-corrected chi connectivity index (χ0v) is 12.2. The van der Waals surface area contributed by atoms with Crippen LogP contribution in [-0.4, -0.2) is 0 Å². The molecule has 0 aromatic heterocycles. The fraction of sp³-hybridized carbons (Fsp3) is 0.882. The minimum Gasteiger partial charge on any atom is -0.198 e. The first-order valence-electron chi connectivity index (χ1n) is 7.86. The first-order valence-corrected chi connectivity index (χ1v) is 7.86. The van der Waals surface area contributed by atoms with Gasteiger partial charge in [-0.1, -0.05) is 20.3 Å². The minimum absolute atomic E-state index is 0.00385. The lowest BCUT2D eigenvalue weighted by Gasteiger charge is -2.42. The summed E-state index contributed by atoms with van der Waals surface area (Å²) in [5, 5.41) is 18.5. The third-order valence-corrected chi connectivity index (χ3v) is 6.76. The Balaban J connectivity index is 1.74. The first-order chi connectivity index (χ1) is 9.07. The summed E-state index contributed by atoms with van der Waals surface area (Å²) in [6, 6.07) is 5.03. The molecule has 3 aliphatic rings. The highest BCUT2D eigenvalue weighted by molar-refractivity contribution is 5.31. The third-order valence-electron chi connectivity index (χ3n) is 6.76. The number of hydrogen-bond acceptors (Lipinski definition) is 2. The summed E-state index contributed by atoms with van der Waals surface area (Å²) in [5.74, 6) is 2.80. The SMILES string of the molecule is CC1(C)[C@@H]2CC[C@H]3C[C@@H](CCC#N)CC[C@H]3[C@@]21C#N. The van der Waals surface area contributed by atoms with Crippen molar-refractivity contribution in [1.82, 2.24) is 0 Å². The van der Waals surface area contributed by atoms with Gasteiger partial charge in [-0.25, -0.2) is 0 Å². The summed E-state index contributed by atoms with van der Waals surface area (Å²) < 4.78 is 0. The molecule has 3 fully saturated rings. The van der Waals surface area contributed by atoms with Crippen LogP contribution in [0, 0.1) is 57.2 Å². The van der Waals surface area contributed by atoms with E-state index in [2.05, 4.69) is 26.0 Å². The van der Waals surface area contributed by atoms with Gasteiger partial charge in [0.1, 0.15) is 0 Å². The van der Waals surface area contributed by atoms with Gasteiger partial charge in [0.05, 0.1) is 17.6 Å². The summed E-state index contributed by atoms with van der Waals surface area (Å²) >= 11 is 0. The van der Waals surface area contributed by atoms with Crippen molar-refractivity contribution in [1.29, 1.82) is 10.5 Å². The lowest BCUT2D eigenvalue weighted by atomic mass is 9.61. The molecule has 2 heteroatoms. The Morgan fingerprint density at radius 3 is 2.58 bits per heavy atom. The topological polar surface area (TPSA) is 47.6 Å². The Morgan fingerprint density at radius 1 is 1.11 bits per heavy atom. The molecule has 0 aromatic carbocycles. The van der Waals surface area contributed by atoms with Gasteiger partial charge in [0.2, 0.25) is 0 Å². The van der Waals surface area contributed by atoms with E-state index >= 15 is 0 Å². The molecule has 0 aliphatic heterocycles. The second-order valence-corrected chi connectivity index (χ2v) is 7.57. The maximum Gasteiger partial charge on any atom is 0.0701 e. The minimum atomic E-state index is -0.00385. The van der Waals surface area contributed by atoms with Crippen LogP contribution in [0.15, 0.2) is 0 Å². The fourth-order valence-electron chi connectivity index (χ4n) is 5.73. The van der Waals surface area contributed by atoms with Crippen molar-refractivity contribution in [2.24, 2.45) is 34.5 Å². The molecule has 0 radical (unpaired) electrons. The predicted octanol–water partition coefficient (Wildman–Crippen LogP) is 4.28. The Morgan fingerprint density at radius 2 is 1.89 bits per heavy atom. The van der Waals surface area contributed by atoms with Crippen LogP contribution in [-0.2, 0) is 0 Å². The molecule has 2 nitrogen and oxygen atoms in total. The van der Waals surface area contributed by atoms with Gasteiger partial charge in [0.25, 0.3) is 0 Å². The van der Waals surface area contributed by atoms with E-state index in [1.807, 2.05) is 0 Å². The van der Waals surface area contributed by atoms with Crippen molar-refractivity contribution in [3.63, 3.8) is 0 Å². The Hall–Kier alpha value is -1.02. The second-order valence-electron chi connectivity index (χ2n) is 7.57. The average Bonchev–Trinajstić information content (AvgIpc) is 2.93. The number of hydrogen-bond donors (Lipinski definition) is 0. The van der Waals surface area contributed by atoms with Gasteiger partial charge in [0.15, 0.2) is 0 Å². The Bertz CT molecular complexity index is 453. The van der Waals surface area contributed by atoms with Gasteiger partial charge in [-0.2, -0.15) is 10.5 Å². The van der Waals surface area contributed by atoms with Gasteiger partial charge < -0.3 is 0 Å². The monoisotopic (exact) mass is 256 g/mol. The van der Waals surface area contributed by atoms with E-state index in [0.29, 0.717) is 18.3 Å². The molecular formula is C17H24N2. The highest BCUT2D eigenvalue weighted by atomic mass is 14.8. The molecule has 0 bridgehead atoms. The Labute approximate surface area is 116 Å². The lowest BCUT2D eigenvalue weighted by Crippen LogP contribution is -2.36. The van der Waals surface area contributed by atoms with Crippen LogP contribution in [0.1, 0.15) is 58.8 Å². The summed E-state index contributed by atoms with van der Waals surface area (Å²) in [4.78, 5) is 0. The van der Waals surface area contributed by atoms with E-state index in [0.717, 1.165) is 18.3 Å². The van der Waals surface area contributed by atoms with E-state index in [9.17, 15) is 5.26 Å². The Kier molecular flexibility index (Phi) is 2.90. The maximum absolute atomic E-state index is 9.78. The summed E-state index contributed by atoms with van der Waals surface area (Å²) in [7, 11) is 0. The predicted molar refractivity (Wildman–Crippen MR) is 73.7 cm³/mol. The van der Waals surface area contributed by atoms with Crippen molar-refractivity contribution in [2.75, 3.05) is 0 Å². The fourth-order valence-corrected chi connectivity index (χ4v) is 5.73. The lowest BCUT2D eigenvalue weighted by molar-refractivity contribution is 0.0811. The van der Waals surface area contributed by atoms with E-state index in [-0.39, 0.29) is 10.8 Å². The van der Waals surface area contributed by atoms with Gasteiger partial charge >= 0.3 is 0 Å². The van der Waals surface area contributed by atoms with Gasteiger partial charge in [-0.15, -0.1) is 0 Å². The molecule has 0 aromatic rings. The molecule has 0 saturated heterocycles. The molecular weight excluding hydrogens is 232 g/mol. The maximum atomic E-state index is 9.78. The zero-order valence-electron chi connectivity index (χ0n) is 12.2. The number of nitrogens with zero attached hydrogens (tertiary/aromatic N) is 2. The molecule has 0 unspecified atom stereocenters. The molecule has 0 amide bonds. The third kappa shape index (κ3) is 1.59. The molecule has 19 heavy (non-hydrogen) atoms. The van der Waals surface area contributed by atoms with Crippen LogP contribution in [0.4, 0.5) is 0 Å². The van der Waals surface area contributed by atoms with E-state index in [4.69, 9.17) is 5.26 Å². The number of rotatable bonds is 2. The van der Waals surface area contributed by atoms with E-state index in [1.165, 1.54) is 32.1 Å². The smallest absolute Gasteiger partial charge is 0.0701 e. The standard InChI is InChI=1S/C17H24N2/c1-16(2)15-8-6-13-10-12(4-3-9-18)5-7-14(13)17(15,16)11-19/h12-15H,3-8,10H2,1-2H3/t12-,13-,14+,15-,17-/m0/s1. The van der Waals surface area contributed by atoms with Crippen molar-refractivity contribution >= 4 is 0 Å². The molecule has 3 aliphatic carbocycles. The van der Waals surface area contributed by atoms with Crippen molar-refractivity contribution in [2.45, 2.75) is 58.8 Å². The number of nitriles is 2. The van der Waals surface area contributed by atoms with E-state index < -0.39 is 0 Å². The quantitative estimate of drug-likeness (QED) is 0.740.